The Kier molecular flexibility index (Phi) is 5.54. The summed E-state index contributed by atoms with van der Waals surface area (Å²) in [5, 5.41) is 3.48. The smallest absolute Gasteiger partial charge is 0.137 e. The van der Waals surface area contributed by atoms with Crippen LogP contribution in [0.4, 0.5) is 4.39 Å². The molecule has 1 N–H and O–H groups in total. The van der Waals surface area contributed by atoms with Crippen molar-refractivity contribution >= 4 is 15.9 Å². The predicted molar refractivity (Wildman–Crippen MR) is 90.1 cm³/mol. The zero-order chi connectivity index (χ0) is 15.4. The molecule has 1 nitrogen and oxygen atoms in total. The van der Waals surface area contributed by atoms with E-state index in [1.807, 2.05) is 12.1 Å². The van der Waals surface area contributed by atoms with Gasteiger partial charge in [-0.25, -0.2) is 4.39 Å². The molecule has 1 unspecified atom stereocenters. The number of benzene rings is 2. The summed E-state index contributed by atoms with van der Waals surface area (Å²) < 4.78 is 13.9. The maximum absolute atomic E-state index is 13.4. The summed E-state index contributed by atoms with van der Waals surface area (Å²) in [7, 11) is 0. The van der Waals surface area contributed by atoms with Crippen molar-refractivity contribution in [2.75, 3.05) is 6.54 Å². The molecule has 21 heavy (non-hydrogen) atoms. The summed E-state index contributed by atoms with van der Waals surface area (Å²) in [6.07, 6.45) is 0.896. The molecule has 112 valence electrons. The summed E-state index contributed by atoms with van der Waals surface area (Å²) in [5.41, 5.74) is 5.01. The van der Waals surface area contributed by atoms with Crippen LogP contribution in [-0.2, 0) is 6.42 Å². The van der Waals surface area contributed by atoms with E-state index in [9.17, 15) is 4.39 Å². The molecule has 0 bridgehead atoms. The number of hydrogen-bond donors (Lipinski definition) is 1. The number of nitrogens with one attached hydrogen (secondary N) is 1. The maximum Gasteiger partial charge on any atom is 0.137 e. The Morgan fingerprint density at radius 3 is 2.48 bits per heavy atom. The minimum atomic E-state index is -0.222. The number of halogens is 2. The molecule has 0 fully saturated rings. The molecule has 0 amide bonds. The van der Waals surface area contributed by atoms with Crippen molar-refractivity contribution < 1.29 is 4.39 Å². The monoisotopic (exact) mass is 349 g/mol. The molecule has 0 spiro atoms. The first-order valence-corrected chi connectivity index (χ1v) is 8.05. The van der Waals surface area contributed by atoms with Crippen molar-refractivity contribution in [3.8, 4) is 0 Å². The van der Waals surface area contributed by atoms with Crippen LogP contribution in [0.2, 0.25) is 0 Å². The van der Waals surface area contributed by atoms with Crippen molar-refractivity contribution in [2.24, 2.45) is 0 Å². The Bertz CT molecular complexity index is 625. The van der Waals surface area contributed by atoms with E-state index in [0.29, 0.717) is 4.47 Å². The van der Waals surface area contributed by atoms with Crippen molar-refractivity contribution in [2.45, 2.75) is 33.2 Å². The van der Waals surface area contributed by atoms with Gasteiger partial charge in [-0.15, -0.1) is 0 Å². The van der Waals surface area contributed by atoms with Gasteiger partial charge in [-0.2, -0.15) is 0 Å². The molecule has 3 heteroatoms. The third-order valence-electron chi connectivity index (χ3n) is 3.81. The van der Waals surface area contributed by atoms with Crippen LogP contribution in [0.3, 0.4) is 0 Å². The van der Waals surface area contributed by atoms with Gasteiger partial charge in [0.2, 0.25) is 0 Å². The third-order valence-corrected chi connectivity index (χ3v) is 4.42. The van der Waals surface area contributed by atoms with E-state index in [4.69, 9.17) is 0 Å². The molecule has 2 aromatic carbocycles. The topological polar surface area (TPSA) is 12.0 Å². The highest BCUT2D eigenvalue weighted by Gasteiger charge is 2.13. The van der Waals surface area contributed by atoms with Gasteiger partial charge >= 0.3 is 0 Å². The van der Waals surface area contributed by atoms with Gasteiger partial charge in [-0.1, -0.05) is 31.2 Å². The van der Waals surface area contributed by atoms with E-state index in [2.05, 4.69) is 60.2 Å². The molecule has 2 rings (SSSR count). The van der Waals surface area contributed by atoms with Crippen molar-refractivity contribution in [3.63, 3.8) is 0 Å². The molecule has 0 aliphatic rings. The molecule has 0 heterocycles. The first kappa shape index (κ1) is 16.2. The van der Waals surface area contributed by atoms with Gasteiger partial charge in [0.05, 0.1) is 4.47 Å². The lowest BCUT2D eigenvalue weighted by Crippen LogP contribution is -2.23. The van der Waals surface area contributed by atoms with Gasteiger partial charge in [0.15, 0.2) is 0 Å². The molecule has 2 aromatic rings. The van der Waals surface area contributed by atoms with Gasteiger partial charge in [0.1, 0.15) is 5.82 Å². The lowest BCUT2D eigenvalue weighted by atomic mass is 9.96. The Morgan fingerprint density at radius 2 is 1.86 bits per heavy atom. The van der Waals surface area contributed by atoms with E-state index in [1.165, 1.54) is 22.8 Å². The van der Waals surface area contributed by atoms with Crippen LogP contribution in [0.1, 0.15) is 35.2 Å². The number of hydrogen-bond acceptors (Lipinski definition) is 1. The van der Waals surface area contributed by atoms with Gasteiger partial charge in [-0.05, 0) is 77.1 Å². The lowest BCUT2D eigenvalue weighted by molar-refractivity contribution is 0.546. The van der Waals surface area contributed by atoms with Crippen LogP contribution in [0.15, 0.2) is 40.9 Å². The van der Waals surface area contributed by atoms with Gasteiger partial charge < -0.3 is 5.32 Å². The summed E-state index contributed by atoms with van der Waals surface area (Å²) in [6.45, 7) is 7.23. The largest absolute Gasteiger partial charge is 0.310 e. The normalized spacial score (nSPS) is 12.4. The molecule has 0 aliphatic heterocycles. The van der Waals surface area contributed by atoms with Crippen LogP contribution >= 0.6 is 15.9 Å². The number of rotatable bonds is 5. The zero-order valence-electron chi connectivity index (χ0n) is 12.7. The van der Waals surface area contributed by atoms with Gasteiger partial charge in [-0.3, -0.25) is 0 Å². The maximum atomic E-state index is 13.4. The fourth-order valence-electron chi connectivity index (χ4n) is 2.45. The third kappa shape index (κ3) is 4.14. The van der Waals surface area contributed by atoms with E-state index in [-0.39, 0.29) is 11.9 Å². The highest BCUT2D eigenvalue weighted by molar-refractivity contribution is 9.10. The molecular weight excluding hydrogens is 329 g/mol. The van der Waals surface area contributed by atoms with Crippen LogP contribution in [0, 0.1) is 19.7 Å². The summed E-state index contributed by atoms with van der Waals surface area (Å²) in [6, 6.07) is 12.0. The van der Waals surface area contributed by atoms with E-state index in [0.717, 1.165) is 18.5 Å². The minimum Gasteiger partial charge on any atom is -0.310 e. The average Bonchev–Trinajstić information content (AvgIpc) is 2.45. The molecule has 0 aliphatic carbocycles. The van der Waals surface area contributed by atoms with E-state index >= 15 is 0 Å². The minimum absolute atomic E-state index is 0.189. The van der Waals surface area contributed by atoms with Crippen LogP contribution in [0.5, 0.6) is 0 Å². The quantitative estimate of drug-likeness (QED) is 0.791. The molecule has 0 radical (unpaired) electrons. The zero-order valence-corrected chi connectivity index (χ0v) is 14.3. The van der Waals surface area contributed by atoms with Crippen LogP contribution in [-0.4, -0.2) is 6.54 Å². The molecular formula is C18H21BrFN. The van der Waals surface area contributed by atoms with Crippen molar-refractivity contribution in [3.05, 3.63) is 68.9 Å². The Labute approximate surface area is 134 Å². The average molecular weight is 350 g/mol. The Morgan fingerprint density at radius 1 is 1.10 bits per heavy atom. The predicted octanol–water partition coefficient (Wildman–Crippen LogP) is 5.10. The standard InChI is InChI=1S/C18H21BrFN/c1-4-21-18(15-7-8-17(20)16(19)11-15)10-14-6-5-12(2)13(3)9-14/h5-9,11,18,21H,4,10H2,1-3H3. The second-order valence-corrected chi connectivity index (χ2v) is 6.26. The van der Waals surface area contributed by atoms with E-state index in [1.54, 1.807) is 0 Å². The molecule has 1 atom stereocenters. The summed E-state index contributed by atoms with van der Waals surface area (Å²) in [4.78, 5) is 0. The van der Waals surface area contributed by atoms with Gasteiger partial charge in [0, 0.05) is 6.04 Å². The lowest BCUT2D eigenvalue weighted by Gasteiger charge is -2.19. The second-order valence-electron chi connectivity index (χ2n) is 5.41. The van der Waals surface area contributed by atoms with Crippen LogP contribution < -0.4 is 5.32 Å². The first-order valence-electron chi connectivity index (χ1n) is 7.25. The van der Waals surface area contributed by atoms with Gasteiger partial charge in [0.25, 0.3) is 0 Å². The molecule has 0 saturated carbocycles. The highest BCUT2D eigenvalue weighted by Crippen LogP contribution is 2.24. The highest BCUT2D eigenvalue weighted by atomic mass is 79.9. The first-order chi connectivity index (χ1) is 10.0. The second kappa shape index (κ2) is 7.19. The number of likely N-dealkylation sites (N-methyl/N-ethyl adjacent to an activating group) is 1. The Hall–Kier alpha value is -1.19. The molecule has 0 aromatic heterocycles. The summed E-state index contributed by atoms with van der Waals surface area (Å²) in [5.74, 6) is -0.222. The molecule has 0 saturated heterocycles. The summed E-state index contributed by atoms with van der Waals surface area (Å²) >= 11 is 3.27. The fourth-order valence-corrected chi connectivity index (χ4v) is 2.85. The fraction of sp³-hybridized carbons (Fsp3) is 0.333. The SMILES string of the molecule is CCNC(Cc1ccc(C)c(C)c1)c1ccc(F)c(Br)c1. The Balaban J connectivity index is 2.25. The van der Waals surface area contributed by atoms with E-state index < -0.39 is 0 Å². The van der Waals surface area contributed by atoms with Crippen LogP contribution in [0.25, 0.3) is 0 Å². The number of aryl methyl sites for hydroxylation is 2. The van der Waals surface area contributed by atoms with Crippen molar-refractivity contribution in [1.82, 2.24) is 5.32 Å². The van der Waals surface area contributed by atoms with Crippen molar-refractivity contribution in [1.29, 1.82) is 0 Å².